The van der Waals surface area contributed by atoms with E-state index in [1.807, 2.05) is 11.4 Å². The summed E-state index contributed by atoms with van der Waals surface area (Å²) in [7, 11) is 0. The first kappa shape index (κ1) is 14.3. The molecule has 0 saturated heterocycles. The minimum absolute atomic E-state index is 0.181. The molecule has 2 amide bonds. The highest BCUT2D eigenvalue weighted by atomic mass is 32.1. The number of hydrogen-bond acceptors (Lipinski definition) is 4. The predicted octanol–water partition coefficient (Wildman–Crippen LogP) is 3.29. The van der Waals surface area contributed by atoms with Crippen molar-refractivity contribution in [1.82, 2.24) is 0 Å². The van der Waals surface area contributed by atoms with Crippen LogP contribution in [0.2, 0.25) is 0 Å². The van der Waals surface area contributed by atoms with Gasteiger partial charge in [-0.3, -0.25) is 9.59 Å². The average Bonchev–Trinajstić information content (AvgIpc) is 3.04. The zero-order valence-electron chi connectivity index (χ0n) is 11.6. The molecule has 0 bridgehead atoms. The van der Waals surface area contributed by atoms with Crippen LogP contribution in [0.1, 0.15) is 43.8 Å². The van der Waals surface area contributed by atoms with Crippen LogP contribution in [0.5, 0.6) is 0 Å². The lowest BCUT2D eigenvalue weighted by Gasteiger charge is -2.18. The molecular formula is C15H16N2O2S2. The van der Waals surface area contributed by atoms with Crippen molar-refractivity contribution in [3.8, 4) is 0 Å². The lowest BCUT2D eigenvalue weighted by Crippen LogP contribution is -2.19. The van der Waals surface area contributed by atoms with Crippen molar-refractivity contribution in [2.75, 3.05) is 5.32 Å². The molecule has 0 saturated carbocycles. The highest BCUT2D eigenvalue weighted by Crippen LogP contribution is 2.39. The number of nitrogens with two attached hydrogens (primary N) is 1. The van der Waals surface area contributed by atoms with Crippen LogP contribution in [0.4, 0.5) is 5.00 Å². The number of thiophene rings is 2. The van der Waals surface area contributed by atoms with Crippen molar-refractivity contribution in [3.63, 3.8) is 0 Å². The fourth-order valence-corrected chi connectivity index (χ4v) is 4.70. The Bertz CT molecular complexity index is 689. The quantitative estimate of drug-likeness (QED) is 0.911. The standard InChI is InChI=1S/C15H16N2O2S2/c1-8-4-5-9-11(7-8)21-15(12(9)13(16)18)17-14(19)10-3-2-6-20-10/h2-3,6,8H,4-5,7H2,1H3,(H2,16,18)(H,17,19)/t8-/m0/s1. The van der Waals surface area contributed by atoms with Crippen LogP contribution in [0.15, 0.2) is 17.5 Å². The topological polar surface area (TPSA) is 72.2 Å². The molecule has 0 spiro atoms. The highest BCUT2D eigenvalue weighted by molar-refractivity contribution is 7.17. The second kappa shape index (κ2) is 5.61. The Morgan fingerprint density at radius 3 is 2.90 bits per heavy atom. The second-order valence-corrected chi connectivity index (χ2v) is 7.40. The van der Waals surface area contributed by atoms with Crippen molar-refractivity contribution < 1.29 is 9.59 Å². The van der Waals surface area contributed by atoms with Gasteiger partial charge in [-0.1, -0.05) is 13.0 Å². The van der Waals surface area contributed by atoms with Crippen LogP contribution in [-0.2, 0) is 12.8 Å². The van der Waals surface area contributed by atoms with Crippen molar-refractivity contribution in [2.45, 2.75) is 26.2 Å². The Hall–Kier alpha value is -1.66. The third-order valence-corrected chi connectivity index (χ3v) is 5.77. The molecule has 0 unspecified atom stereocenters. The van der Waals surface area contributed by atoms with Crippen LogP contribution in [0.3, 0.4) is 0 Å². The lowest BCUT2D eigenvalue weighted by molar-refractivity contribution is 0.1000. The summed E-state index contributed by atoms with van der Waals surface area (Å²) in [4.78, 5) is 25.8. The summed E-state index contributed by atoms with van der Waals surface area (Å²) in [5.41, 5.74) is 7.07. The largest absolute Gasteiger partial charge is 0.365 e. The minimum Gasteiger partial charge on any atom is -0.365 e. The van der Waals surface area contributed by atoms with Gasteiger partial charge in [-0.15, -0.1) is 22.7 Å². The summed E-state index contributed by atoms with van der Waals surface area (Å²) < 4.78 is 0. The molecule has 2 aromatic heterocycles. The van der Waals surface area contributed by atoms with Crippen molar-refractivity contribution in [2.24, 2.45) is 11.7 Å². The molecule has 1 atom stereocenters. The number of rotatable bonds is 3. The molecule has 110 valence electrons. The molecule has 0 fully saturated rings. The Morgan fingerprint density at radius 2 is 2.24 bits per heavy atom. The van der Waals surface area contributed by atoms with Gasteiger partial charge >= 0.3 is 0 Å². The van der Waals surface area contributed by atoms with Gasteiger partial charge in [-0.25, -0.2) is 0 Å². The maximum atomic E-state index is 12.2. The smallest absolute Gasteiger partial charge is 0.266 e. The molecule has 21 heavy (non-hydrogen) atoms. The Balaban J connectivity index is 1.95. The number of primary amides is 1. The molecule has 1 aliphatic carbocycles. The number of nitrogens with one attached hydrogen (secondary N) is 1. The van der Waals surface area contributed by atoms with E-state index in [1.165, 1.54) is 27.6 Å². The maximum absolute atomic E-state index is 12.2. The molecule has 2 aromatic rings. The average molecular weight is 320 g/mol. The van der Waals surface area contributed by atoms with E-state index in [0.717, 1.165) is 24.8 Å². The predicted molar refractivity (Wildman–Crippen MR) is 86.3 cm³/mol. The summed E-state index contributed by atoms with van der Waals surface area (Å²) in [6, 6.07) is 3.59. The Labute approximate surface area is 131 Å². The van der Waals surface area contributed by atoms with Gasteiger partial charge in [-0.2, -0.15) is 0 Å². The lowest BCUT2D eigenvalue weighted by atomic mass is 9.88. The van der Waals surface area contributed by atoms with Crippen molar-refractivity contribution in [3.05, 3.63) is 38.4 Å². The van der Waals surface area contributed by atoms with E-state index >= 15 is 0 Å². The van der Waals surface area contributed by atoms with Gasteiger partial charge in [0.15, 0.2) is 0 Å². The number of hydrogen-bond donors (Lipinski definition) is 2. The number of carbonyl (C=O) groups is 2. The van der Waals surface area contributed by atoms with Gasteiger partial charge < -0.3 is 11.1 Å². The molecule has 1 aliphatic rings. The summed E-state index contributed by atoms with van der Waals surface area (Å²) >= 11 is 2.87. The number of fused-ring (bicyclic) bond motifs is 1. The van der Waals surface area contributed by atoms with Gasteiger partial charge in [0.2, 0.25) is 0 Å². The van der Waals surface area contributed by atoms with E-state index in [-0.39, 0.29) is 5.91 Å². The normalized spacial score (nSPS) is 17.3. The summed E-state index contributed by atoms with van der Waals surface area (Å²) in [6.45, 7) is 2.20. The monoisotopic (exact) mass is 320 g/mol. The third-order valence-electron chi connectivity index (χ3n) is 3.73. The van der Waals surface area contributed by atoms with Gasteiger partial charge in [-0.05, 0) is 42.2 Å². The molecule has 3 rings (SSSR count). The third kappa shape index (κ3) is 2.73. The van der Waals surface area contributed by atoms with Gasteiger partial charge in [0.05, 0.1) is 10.4 Å². The van der Waals surface area contributed by atoms with Crippen LogP contribution in [0.25, 0.3) is 0 Å². The molecule has 6 heteroatoms. The Kier molecular flexibility index (Phi) is 3.82. The SMILES string of the molecule is C[C@H]1CCc2c(sc(NC(=O)c3cccs3)c2C(N)=O)C1. The molecule has 0 radical (unpaired) electrons. The van der Waals surface area contributed by atoms with Gasteiger partial charge in [0.1, 0.15) is 5.00 Å². The fourth-order valence-electron chi connectivity index (χ4n) is 2.67. The highest BCUT2D eigenvalue weighted by Gasteiger charge is 2.27. The van der Waals surface area contributed by atoms with E-state index in [0.29, 0.717) is 21.4 Å². The molecular weight excluding hydrogens is 304 g/mol. The molecule has 2 heterocycles. The van der Waals surface area contributed by atoms with Crippen LogP contribution < -0.4 is 11.1 Å². The van der Waals surface area contributed by atoms with Crippen LogP contribution in [-0.4, -0.2) is 11.8 Å². The second-order valence-electron chi connectivity index (χ2n) is 5.35. The van der Waals surface area contributed by atoms with Crippen LogP contribution >= 0.6 is 22.7 Å². The molecule has 4 nitrogen and oxygen atoms in total. The van der Waals surface area contributed by atoms with Gasteiger partial charge in [0, 0.05) is 4.88 Å². The van der Waals surface area contributed by atoms with Gasteiger partial charge in [0.25, 0.3) is 11.8 Å². The zero-order chi connectivity index (χ0) is 15.0. The van der Waals surface area contributed by atoms with Crippen molar-refractivity contribution in [1.29, 1.82) is 0 Å². The summed E-state index contributed by atoms with van der Waals surface area (Å²) in [5.74, 6) is -0.0274. The number of amides is 2. The summed E-state index contributed by atoms with van der Waals surface area (Å²) in [5, 5.41) is 5.30. The number of carbonyl (C=O) groups excluding carboxylic acids is 2. The van der Waals surface area contributed by atoms with E-state index < -0.39 is 5.91 Å². The Morgan fingerprint density at radius 1 is 1.43 bits per heavy atom. The molecule has 0 aromatic carbocycles. The summed E-state index contributed by atoms with van der Waals surface area (Å²) in [6.07, 6.45) is 2.87. The first-order valence-electron chi connectivity index (χ1n) is 6.85. The van der Waals surface area contributed by atoms with E-state index in [2.05, 4.69) is 12.2 Å². The first-order chi connectivity index (χ1) is 10.1. The van der Waals surface area contributed by atoms with Crippen LogP contribution in [0, 0.1) is 5.92 Å². The zero-order valence-corrected chi connectivity index (χ0v) is 13.3. The first-order valence-corrected chi connectivity index (χ1v) is 8.55. The number of anilines is 1. The molecule has 0 aliphatic heterocycles. The van der Waals surface area contributed by atoms with Crippen molar-refractivity contribution >= 4 is 39.5 Å². The molecule has 3 N–H and O–H groups in total. The fraction of sp³-hybridized carbons (Fsp3) is 0.333. The minimum atomic E-state index is -0.455. The van der Waals surface area contributed by atoms with E-state index in [4.69, 9.17) is 5.73 Å². The maximum Gasteiger partial charge on any atom is 0.266 e. The van der Waals surface area contributed by atoms with E-state index in [9.17, 15) is 9.59 Å². The van der Waals surface area contributed by atoms with E-state index in [1.54, 1.807) is 6.07 Å².